The number of hydrogen-bond donors (Lipinski definition) is 1. The first-order chi connectivity index (χ1) is 14.0. The number of amides is 1. The van der Waals surface area contributed by atoms with E-state index in [1.807, 2.05) is 12.1 Å². The van der Waals surface area contributed by atoms with Gasteiger partial charge >= 0.3 is 0 Å². The standard InChI is InChI=1S/C20H17N7O2/c1-27(2)20(28)13-8-6-12(7-9-13)15-10-22-11-16(23-15)19-26-25-18(29-19)14-4-3-5-17(21)24-14/h3-11H,1-2H3,(H2,21,24). The Morgan fingerprint density at radius 1 is 0.897 bits per heavy atom. The third-order valence-corrected chi connectivity index (χ3v) is 4.10. The van der Waals surface area contributed by atoms with Crippen LogP contribution in [0.1, 0.15) is 10.4 Å². The summed E-state index contributed by atoms with van der Waals surface area (Å²) in [6.07, 6.45) is 3.17. The number of anilines is 1. The van der Waals surface area contributed by atoms with Gasteiger partial charge in [0.1, 0.15) is 17.2 Å². The van der Waals surface area contributed by atoms with Crippen molar-refractivity contribution in [3.05, 3.63) is 60.4 Å². The molecule has 3 heterocycles. The number of carbonyl (C=O) groups excluding carboxylic acids is 1. The zero-order chi connectivity index (χ0) is 20.4. The largest absolute Gasteiger partial charge is 0.413 e. The van der Waals surface area contributed by atoms with Crippen molar-refractivity contribution in [1.29, 1.82) is 0 Å². The summed E-state index contributed by atoms with van der Waals surface area (Å²) in [7, 11) is 3.42. The van der Waals surface area contributed by atoms with Gasteiger partial charge in [-0.25, -0.2) is 9.97 Å². The number of pyridine rings is 1. The summed E-state index contributed by atoms with van der Waals surface area (Å²) in [5.74, 6) is 0.759. The molecule has 1 aromatic carbocycles. The van der Waals surface area contributed by atoms with Crippen LogP contribution >= 0.6 is 0 Å². The number of aromatic nitrogens is 5. The summed E-state index contributed by atoms with van der Waals surface area (Å²) >= 11 is 0. The van der Waals surface area contributed by atoms with Crippen LogP contribution in [0.4, 0.5) is 5.82 Å². The Balaban J connectivity index is 1.62. The van der Waals surface area contributed by atoms with Gasteiger partial charge in [-0.3, -0.25) is 9.78 Å². The second-order valence-electron chi connectivity index (χ2n) is 6.43. The fourth-order valence-electron chi connectivity index (χ4n) is 2.65. The first-order valence-electron chi connectivity index (χ1n) is 8.72. The number of nitrogen functional groups attached to an aromatic ring is 1. The Bertz CT molecular complexity index is 1170. The highest BCUT2D eigenvalue weighted by Crippen LogP contribution is 2.24. The van der Waals surface area contributed by atoms with E-state index in [0.717, 1.165) is 5.56 Å². The maximum Gasteiger partial charge on any atom is 0.268 e. The molecule has 144 valence electrons. The van der Waals surface area contributed by atoms with Crippen LogP contribution in [0.2, 0.25) is 0 Å². The van der Waals surface area contributed by atoms with Crippen LogP contribution in [0.5, 0.6) is 0 Å². The van der Waals surface area contributed by atoms with E-state index in [1.165, 1.54) is 11.1 Å². The van der Waals surface area contributed by atoms with Gasteiger partial charge in [-0.2, -0.15) is 0 Å². The second kappa shape index (κ2) is 7.47. The molecule has 4 aromatic rings. The van der Waals surface area contributed by atoms with Crippen molar-refractivity contribution in [1.82, 2.24) is 30.0 Å². The Morgan fingerprint density at radius 3 is 2.28 bits per heavy atom. The number of benzene rings is 1. The van der Waals surface area contributed by atoms with Crippen LogP contribution in [0.15, 0.2) is 59.3 Å². The number of carbonyl (C=O) groups is 1. The number of nitrogens with zero attached hydrogens (tertiary/aromatic N) is 6. The zero-order valence-electron chi connectivity index (χ0n) is 15.8. The van der Waals surface area contributed by atoms with Crippen LogP contribution in [-0.4, -0.2) is 50.1 Å². The lowest BCUT2D eigenvalue weighted by Crippen LogP contribution is -2.21. The third kappa shape index (κ3) is 3.79. The molecule has 2 N–H and O–H groups in total. The molecule has 3 aromatic heterocycles. The molecule has 0 aliphatic carbocycles. The predicted molar refractivity (Wildman–Crippen MR) is 106 cm³/mol. The molecule has 0 atom stereocenters. The summed E-state index contributed by atoms with van der Waals surface area (Å²) in [5, 5.41) is 8.04. The summed E-state index contributed by atoms with van der Waals surface area (Å²) in [6, 6.07) is 12.3. The second-order valence-corrected chi connectivity index (χ2v) is 6.43. The lowest BCUT2D eigenvalue weighted by molar-refractivity contribution is 0.0827. The highest BCUT2D eigenvalue weighted by molar-refractivity contribution is 5.94. The maximum absolute atomic E-state index is 12.0. The fourth-order valence-corrected chi connectivity index (χ4v) is 2.65. The quantitative estimate of drug-likeness (QED) is 0.566. The van der Waals surface area contributed by atoms with Crippen LogP contribution in [0.25, 0.3) is 34.4 Å². The molecule has 0 aliphatic heterocycles. The molecule has 9 nitrogen and oxygen atoms in total. The molecular formula is C20H17N7O2. The van der Waals surface area contributed by atoms with E-state index in [-0.39, 0.29) is 17.7 Å². The Labute approximate surface area is 166 Å². The first kappa shape index (κ1) is 18.2. The van der Waals surface area contributed by atoms with Gasteiger partial charge in [0.05, 0.1) is 18.1 Å². The van der Waals surface area contributed by atoms with E-state index in [0.29, 0.717) is 28.5 Å². The maximum atomic E-state index is 12.0. The van der Waals surface area contributed by atoms with E-state index in [1.54, 1.807) is 50.6 Å². The summed E-state index contributed by atoms with van der Waals surface area (Å²) in [6.45, 7) is 0. The van der Waals surface area contributed by atoms with Gasteiger partial charge in [0.2, 0.25) is 0 Å². The molecule has 29 heavy (non-hydrogen) atoms. The molecule has 1 amide bonds. The minimum absolute atomic E-state index is 0.0649. The van der Waals surface area contributed by atoms with Crippen molar-refractivity contribution in [2.75, 3.05) is 19.8 Å². The van der Waals surface area contributed by atoms with Gasteiger partial charge in [0.25, 0.3) is 17.7 Å². The van der Waals surface area contributed by atoms with Crippen molar-refractivity contribution in [3.8, 4) is 34.4 Å². The van der Waals surface area contributed by atoms with Gasteiger partial charge in [0.15, 0.2) is 0 Å². The van der Waals surface area contributed by atoms with Gasteiger partial charge in [-0.05, 0) is 24.3 Å². The lowest BCUT2D eigenvalue weighted by atomic mass is 10.1. The molecule has 0 bridgehead atoms. The average molecular weight is 387 g/mol. The van der Waals surface area contributed by atoms with Crippen LogP contribution in [-0.2, 0) is 0 Å². The monoisotopic (exact) mass is 387 g/mol. The normalized spacial score (nSPS) is 10.7. The molecule has 0 saturated carbocycles. The minimum Gasteiger partial charge on any atom is -0.413 e. The van der Waals surface area contributed by atoms with Crippen molar-refractivity contribution in [2.24, 2.45) is 0 Å². The van der Waals surface area contributed by atoms with Crippen molar-refractivity contribution < 1.29 is 9.21 Å². The Kier molecular flexibility index (Phi) is 4.70. The van der Waals surface area contributed by atoms with Crippen molar-refractivity contribution in [2.45, 2.75) is 0 Å². The lowest BCUT2D eigenvalue weighted by Gasteiger charge is -2.10. The van der Waals surface area contributed by atoms with E-state index < -0.39 is 0 Å². The minimum atomic E-state index is -0.0649. The fraction of sp³-hybridized carbons (Fsp3) is 0.100. The Hall–Kier alpha value is -4.14. The smallest absolute Gasteiger partial charge is 0.268 e. The number of hydrogen-bond acceptors (Lipinski definition) is 8. The molecule has 0 aliphatic rings. The number of nitrogens with two attached hydrogens (primary N) is 1. The van der Waals surface area contributed by atoms with Crippen LogP contribution in [0, 0.1) is 0 Å². The highest BCUT2D eigenvalue weighted by atomic mass is 16.4. The molecule has 0 saturated heterocycles. The van der Waals surface area contributed by atoms with Gasteiger partial charge < -0.3 is 15.1 Å². The van der Waals surface area contributed by atoms with Gasteiger partial charge in [0, 0.05) is 25.2 Å². The molecule has 0 spiro atoms. The SMILES string of the molecule is CN(C)C(=O)c1ccc(-c2cncc(-c3nnc(-c4cccc(N)n4)o3)n2)cc1. The molecule has 0 radical (unpaired) electrons. The van der Waals surface area contributed by atoms with Crippen molar-refractivity contribution in [3.63, 3.8) is 0 Å². The molecule has 9 heteroatoms. The predicted octanol–water partition coefficient (Wildman–Crippen LogP) is 2.54. The van der Waals surface area contributed by atoms with Crippen molar-refractivity contribution >= 4 is 11.7 Å². The zero-order valence-corrected chi connectivity index (χ0v) is 15.8. The van der Waals surface area contributed by atoms with E-state index in [9.17, 15) is 4.79 Å². The molecule has 0 unspecified atom stereocenters. The topological polar surface area (TPSA) is 124 Å². The first-order valence-corrected chi connectivity index (χ1v) is 8.72. The summed E-state index contributed by atoms with van der Waals surface area (Å²) in [4.78, 5) is 26.5. The summed E-state index contributed by atoms with van der Waals surface area (Å²) in [5.41, 5.74) is 8.63. The van der Waals surface area contributed by atoms with Gasteiger partial charge in [-0.1, -0.05) is 18.2 Å². The van der Waals surface area contributed by atoms with E-state index >= 15 is 0 Å². The van der Waals surface area contributed by atoms with E-state index in [4.69, 9.17) is 10.2 Å². The third-order valence-electron chi connectivity index (χ3n) is 4.10. The highest BCUT2D eigenvalue weighted by Gasteiger charge is 2.14. The average Bonchev–Trinajstić information content (AvgIpc) is 3.24. The van der Waals surface area contributed by atoms with Crippen LogP contribution < -0.4 is 5.73 Å². The molecular weight excluding hydrogens is 370 g/mol. The molecule has 4 rings (SSSR count). The Morgan fingerprint density at radius 2 is 1.59 bits per heavy atom. The summed E-state index contributed by atoms with van der Waals surface area (Å²) < 4.78 is 5.69. The molecule has 0 fully saturated rings. The number of rotatable bonds is 4. The van der Waals surface area contributed by atoms with Crippen LogP contribution in [0.3, 0.4) is 0 Å². The van der Waals surface area contributed by atoms with E-state index in [2.05, 4.69) is 25.1 Å². The van der Waals surface area contributed by atoms with Gasteiger partial charge in [-0.15, -0.1) is 10.2 Å².